The van der Waals surface area contributed by atoms with Crippen LogP contribution in [0.3, 0.4) is 0 Å². The van der Waals surface area contributed by atoms with Crippen molar-refractivity contribution in [2.45, 2.75) is 87.2 Å². The summed E-state index contributed by atoms with van der Waals surface area (Å²) in [6.07, 6.45) is 3.24. The van der Waals surface area contributed by atoms with Crippen LogP contribution in [0.1, 0.15) is 42.4 Å². The van der Waals surface area contributed by atoms with Crippen molar-refractivity contribution in [2.75, 3.05) is 30.6 Å². The fourth-order valence-corrected chi connectivity index (χ4v) is 8.40. The Morgan fingerprint density at radius 1 is 0.560 bits per heavy atom. The van der Waals surface area contributed by atoms with Gasteiger partial charge in [0.25, 0.3) is 0 Å². The molecule has 1 heterocycles. The molecule has 4 rings (SSSR count). The van der Waals surface area contributed by atoms with Crippen molar-refractivity contribution < 1.29 is 63.3 Å². The number of benzene rings is 3. The molecule has 3 aromatic carbocycles. The molecule has 0 radical (unpaired) electrons. The van der Waals surface area contributed by atoms with E-state index in [1.165, 1.54) is 47.8 Å². The summed E-state index contributed by atoms with van der Waals surface area (Å²) in [4.78, 5) is 135. The van der Waals surface area contributed by atoms with E-state index < -0.39 is 121 Å². The number of hydrogen-bond acceptors (Lipinski definition) is 15. The van der Waals surface area contributed by atoms with Gasteiger partial charge in [-0.05, 0) is 71.7 Å². The molecule has 4 aromatic rings. The molecule has 0 saturated heterocycles. The molecule has 406 valence electrons. The second-order valence-corrected chi connectivity index (χ2v) is 19.0. The van der Waals surface area contributed by atoms with Crippen molar-refractivity contribution >= 4 is 93.6 Å². The number of carboxylic acids is 2. The van der Waals surface area contributed by atoms with Crippen molar-refractivity contribution in [3.8, 4) is 5.75 Å². The van der Waals surface area contributed by atoms with Gasteiger partial charge in [0.1, 0.15) is 42.0 Å². The number of amides is 8. The number of aromatic amines is 1. The van der Waals surface area contributed by atoms with E-state index in [1.807, 2.05) is 0 Å². The second-order valence-electron chi connectivity index (χ2n) is 17.0. The van der Waals surface area contributed by atoms with Gasteiger partial charge in [0, 0.05) is 36.4 Å². The normalized spacial score (nSPS) is 13.6. The summed E-state index contributed by atoms with van der Waals surface area (Å²) in [6, 6.07) is 11.5. The van der Waals surface area contributed by atoms with Crippen LogP contribution < -0.4 is 54.8 Å². The van der Waals surface area contributed by atoms with E-state index in [1.54, 1.807) is 73.3 Å². The lowest BCUT2D eigenvalue weighted by atomic mass is 10.0. The highest BCUT2D eigenvalue weighted by Gasteiger charge is 2.34. The summed E-state index contributed by atoms with van der Waals surface area (Å²) in [6.45, 7) is -0.710. The van der Waals surface area contributed by atoms with Gasteiger partial charge in [0.15, 0.2) is 0 Å². The predicted octanol–water partition coefficient (Wildman–Crippen LogP) is -0.643. The lowest BCUT2D eigenvalue weighted by molar-refractivity contribution is -0.141. The maximum atomic E-state index is 14.3. The Morgan fingerprint density at radius 3 is 1.63 bits per heavy atom. The summed E-state index contributed by atoms with van der Waals surface area (Å²) in [5, 5.41) is 46.9. The van der Waals surface area contributed by atoms with Gasteiger partial charge in [0.05, 0.1) is 25.4 Å². The van der Waals surface area contributed by atoms with Crippen LogP contribution >= 0.6 is 23.5 Å². The SMILES string of the molecule is CSCC[C@H](NC(=O)[C@H](Cc1ccc(O)cc1)NC(=O)[C@@H](N)CC(=O)O)C(=O)NCC(=O)N[C@@H](Cc1c[nH]c2ccccc12)C(=O)N[C@@H](CCSC)C(=O)N[C@@H](CC(=O)O)C(=O)N[C@@H](Cc1ccccc1)C(N)=O.N. The molecule has 1 aromatic heterocycles. The number of hydrogen-bond donors (Lipinski definition) is 14. The van der Waals surface area contributed by atoms with Gasteiger partial charge in [-0.2, -0.15) is 23.5 Å². The van der Waals surface area contributed by atoms with Crippen molar-refractivity contribution in [3.05, 3.63) is 102 Å². The number of para-hydroxylation sites is 1. The number of fused-ring (bicyclic) bond motifs is 1. The van der Waals surface area contributed by atoms with Gasteiger partial charge in [-0.1, -0.05) is 60.7 Å². The maximum Gasteiger partial charge on any atom is 0.305 e. The third-order valence-electron chi connectivity index (χ3n) is 11.4. The first-order chi connectivity index (χ1) is 35.3. The molecular weight excluding hydrogens is 1010 g/mol. The number of H-pyrrole nitrogens is 1. The largest absolute Gasteiger partial charge is 0.508 e. The molecule has 24 nitrogen and oxygen atoms in total. The van der Waals surface area contributed by atoms with Crippen molar-refractivity contribution in [1.29, 1.82) is 0 Å². The third kappa shape index (κ3) is 20.6. The first-order valence-electron chi connectivity index (χ1n) is 23.2. The highest BCUT2D eigenvalue weighted by atomic mass is 32.2. The summed E-state index contributed by atoms with van der Waals surface area (Å²) >= 11 is 2.68. The van der Waals surface area contributed by atoms with Crippen LogP contribution in [-0.2, 0) is 67.2 Å². The zero-order valence-corrected chi connectivity index (χ0v) is 42.9. The Morgan fingerprint density at radius 2 is 1.04 bits per heavy atom. The van der Waals surface area contributed by atoms with E-state index in [-0.39, 0.29) is 44.0 Å². The second kappa shape index (κ2) is 31.1. The summed E-state index contributed by atoms with van der Waals surface area (Å²) in [7, 11) is 0. The Hall–Kier alpha value is -7.68. The van der Waals surface area contributed by atoms with Crippen LogP contribution in [0, 0.1) is 0 Å². The number of carbonyl (C=O) groups excluding carboxylic acids is 8. The predicted molar refractivity (Wildman–Crippen MR) is 281 cm³/mol. The Balaban J connectivity index is 0.0000148. The van der Waals surface area contributed by atoms with E-state index in [0.717, 1.165) is 0 Å². The highest BCUT2D eigenvalue weighted by Crippen LogP contribution is 2.20. The fourth-order valence-electron chi connectivity index (χ4n) is 7.46. The quantitative estimate of drug-likeness (QED) is 0.0298. The third-order valence-corrected chi connectivity index (χ3v) is 12.6. The van der Waals surface area contributed by atoms with E-state index in [4.69, 9.17) is 16.6 Å². The lowest BCUT2D eigenvalue weighted by Crippen LogP contribution is -2.59. The van der Waals surface area contributed by atoms with Gasteiger partial charge in [-0.25, -0.2) is 0 Å². The van der Waals surface area contributed by atoms with Crippen LogP contribution in [0.5, 0.6) is 5.75 Å². The summed E-state index contributed by atoms with van der Waals surface area (Å²) < 4.78 is 0. The number of aromatic nitrogens is 1. The van der Waals surface area contributed by atoms with Crippen LogP contribution in [0.25, 0.3) is 10.9 Å². The van der Waals surface area contributed by atoms with E-state index in [2.05, 4.69) is 42.2 Å². The number of thioether (sulfide) groups is 2. The molecule has 75 heavy (non-hydrogen) atoms. The standard InChI is InChI=1S/C49H62N10O13S2.H3N/c1-73-18-16-34(55-47(70)37(21-28-12-14-30(60)15-13-28)58-44(67)32(50)23-41(62)63)45(68)53-26-40(61)54-38(22-29-25-52-33-11-7-6-10-31(29)33)48(71)56-35(17-19-74-2)46(69)59-39(24-42(64)65)49(72)57-36(43(51)66)20-27-8-4-3-5-9-27;/h3-15,25,32,34-39,52,60H,16-24,26,50H2,1-2H3,(H2,51,66)(H,53,68)(H,54,61)(H,55,70)(H,56,71)(H,57,72)(H,58,67)(H,59,69)(H,62,63)(H,64,65);1H3/t32-,34-,35-,36-,37-,38-,39-;/m0./s1. The Labute approximate surface area is 440 Å². The number of carboxylic acid groups (broad SMARTS) is 2. The van der Waals surface area contributed by atoms with Gasteiger partial charge < -0.3 is 75.1 Å². The first kappa shape index (κ1) is 61.6. The van der Waals surface area contributed by atoms with Crippen molar-refractivity contribution in [3.63, 3.8) is 0 Å². The number of rotatable bonds is 31. The minimum atomic E-state index is -1.72. The van der Waals surface area contributed by atoms with E-state index >= 15 is 0 Å². The molecule has 0 unspecified atom stereocenters. The van der Waals surface area contributed by atoms with E-state index in [0.29, 0.717) is 39.1 Å². The van der Waals surface area contributed by atoms with Gasteiger partial charge in [-0.15, -0.1) is 0 Å². The smallest absolute Gasteiger partial charge is 0.305 e. The average Bonchev–Trinajstić information content (AvgIpc) is 3.77. The highest BCUT2D eigenvalue weighted by molar-refractivity contribution is 7.98. The Kier molecular flexibility index (Phi) is 25.6. The van der Waals surface area contributed by atoms with Gasteiger partial charge >= 0.3 is 11.9 Å². The minimum absolute atomic E-state index is 0. The maximum absolute atomic E-state index is 14.3. The molecular formula is C49H65N11O13S2. The number of aromatic hydroxyl groups is 1. The number of nitrogens with two attached hydrogens (primary N) is 2. The molecule has 0 aliphatic rings. The van der Waals surface area contributed by atoms with Crippen LogP contribution in [-0.4, -0.2) is 152 Å². The number of nitrogens with one attached hydrogen (secondary N) is 8. The zero-order chi connectivity index (χ0) is 54.3. The molecule has 0 fully saturated rings. The molecule has 26 heteroatoms. The van der Waals surface area contributed by atoms with Crippen molar-refractivity contribution in [1.82, 2.24) is 48.4 Å². The van der Waals surface area contributed by atoms with Gasteiger partial charge in [0.2, 0.25) is 47.3 Å². The molecule has 0 aliphatic heterocycles. The molecule has 7 atom stereocenters. The average molecular weight is 1080 g/mol. The summed E-state index contributed by atoms with van der Waals surface area (Å²) in [5.41, 5.74) is 13.8. The Bertz CT molecular complexity index is 2610. The van der Waals surface area contributed by atoms with Crippen LogP contribution in [0.15, 0.2) is 85.1 Å². The zero-order valence-electron chi connectivity index (χ0n) is 41.3. The number of phenols is 1. The number of carbonyl (C=O) groups is 10. The van der Waals surface area contributed by atoms with Crippen molar-refractivity contribution in [2.24, 2.45) is 11.5 Å². The topological polar surface area (TPSA) is 418 Å². The molecule has 0 spiro atoms. The number of primary amides is 1. The van der Waals surface area contributed by atoms with Crippen LogP contribution in [0.2, 0.25) is 0 Å². The van der Waals surface area contributed by atoms with Gasteiger partial charge in [-0.3, -0.25) is 47.9 Å². The van der Waals surface area contributed by atoms with E-state index in [9.17, 15) is 58.2 Å². The fraction of sp³-hybridized carbons (Fsp3) is 0.388. The minimum Gasteiger partial charge on any atom is -0.508 e. The molecule has 0 bridgehead atoms. The lowest BCUT2D eigenvalue weighted by Gasteiger charge is -2.26. The summed E-state index contributed by atoms with van der Waals surface area (Å²) in [5.74, 6) is -9.41. The molecule has 8 amide bonds. The van der Waals surface area contributed by atoms with Crippen LogP contribution in [0.4, 0.5) is 0 Å². The number of phenolic OH excluding ortho intramolecular Hbond substituents is 1. The molecule has 0 saturated carbocycles. The number of aliphatic carboxylic acids is 2. The monoisotopic (exact) mass is 1080 g/mol. The molecule has 18 N–H and O–H groups in total. The first-order valence-corrected chi connectivity index (χ1v) is 26.0. The molecule has 0 aliphatic carbocycles.